The Bertz CT molecular complexity index is 247. The monoisotopic (exact) mass is 240 g/mol. The molecule has 1 saturated heterocycles. The number of aliphatic hydroxyl groups excluding tert-OH is 1. The lowest BCUT2D eigenvalue weighted by molar-refractivity contribution is -0.0481. The van der Waals surface area contributed by atoms with Crippen LogP contribution in [0.4, 0.5) is 0 Å². The van der Waals surface area contributed by atoms with Crippen LogP contribution in [0.3, 0.4) is 0 Å². The van der Waals surface area contributed by atoms with E-state index >= 15 is 0 Å². The molecule has 1 heterocycles. The molecule has 0 aromatic carbocycles. The molecule has 2 aliphatic rings. The number of nitrogens with zero attached hydrogens (tertiary/aromatic N) is 2. The van der Waals surface area contributed by atoms with Gasteiger partial charge in [0.2, 0.25) is 0 Å². The largest absolute Gasteiger partial charge is 0.391 e. The molecule has 2 rings (SSSR count). The van der Waals surface area contributed by atoms with E-state index in [4.69, 9.17) is 0 Å². The summed E-state index contributed by atoms with van der Waals surface area (Å²) in [5.74, 6) is 1.31. The van der Waals surface area contributed by atoms with Crippen LogP contribution in [0.15, 0.2) is 0 Å². The van der Waals surface area contributed by atoms with E-state index in [9.17, 15) is 5.11 Å². The first-order chi connectivity index (χ1) is 7.99. The van der Waals surface area contributed by atoms with Crippen molar-refractivity contribution in [3.05, 3.63) is 0 Å². The first-order valence-corrected chi connectivity index (χ1v) is 7.11. The summed E-state index contributed by atoms with van der Waals surface area (Å²) in [4.78, 5) is 4.95. The van der Waals surface area contributed by atoms with Crippen molar-refractivity contribution in [1.29, 1.82) is 0 Å². The molecule has 0 amide bonds. The molecule has 2 fully saturated rings. The van der Waals surface area contributed by atoms with Gasteiger partial charge in [0, 0.05) is 31.7 Å². The van der Waals surface area contributed by atoms with Crippen LogP contribution >= 0.6 is 0 Å². The van der Waals surface area contributed by atoms with Crippen molar-refractivity contribution in [2.75, 3.05) is 26.7 Å². The van der Waals surface area contributed by atoms with E-state index in [0.29, 0.717) is 23.9 Å². The molecule has 5 atom stereocenters. The fourth-order valence-corrected chi connectivity index (χ4v) is 3.75. The number of piperazine rings is 1. The Kier molecular flexibility index (Phi) is 4.11. The van der Waals surface area contributed by atoms with Crippen molar-refractivity contribution in [3.63, 3.8) is 0 Å². The maximum absolute atomic E-state index is 10.4. The van der Waals surface area contributed by atoms with Crippen LogP contribution in [0.2, 0.25) is 0 Å². The second-order valence-corrected chi connectivity index (χ2v) is 6.44. The van der Waals surface area contributed by atoms with E-state index in [1.54, 1.807) is 0 Å². The summed E-state index contributed by atoms with van der Waals surface area (Å²) in [7, 11) is 2.20. The van der Waals surface area contributed by atoms with Crippen LogP contribution in [0.5, 0.6) is 0 Å². The molecule has 1 aliphatic heterocycles. The quantitative estimate of drug-likeness (QED) is 0.751. The first-order valence-electron chi connectivity index (χ1n) is 7.11. The Labute approximate surface area is 106 Å². The van der Waals surface area contributed by atoms with Gasteiger partial charge in [0.25, 0.3) is 0 Å². The minimum Gasteiger partial charge on any atom is -0.391 e. The lowest BCUT2D eigenvalue weighted by atomic mass is 9.77. The molecule has 0 aromatic rings. The van der Waals surface area contributed by atoms with Crippen LogP contribution in [0.25, 0.3) is 0 Å². The number of aliphatic hydroxyl groups is 1. The summed E-state index contributed by atoms with van der Waals surface area (Å²) >= 11 is 0. The van der Waals surface area contributed by atoms with E-state index < -0.39 is 0 Å². The van der Waals surface area contributed by atoms with Gasteiger partial charge in [-0.3, -0.25) is 4.90 Å². The third-order valence-corrected chi connectivity index (χ3v) is 4.81. The Morgan fingerprint density at radius 3 is 2.35 bits per heavy atom. The molecule has 1 aliphatic carbocycles. The highest BCUT2D eigenvalue weighted by Gasteiger charge is 2.38. The predicted octanol–water partition coefficient (Wildman–Crippen LogP) is 1.42. The van der Waals surface area contributed by atoms with Gasteiger partial charge in [0.1, 0.15) is 0 Å². The molecule has 0 radical (unpaired) electrons. The molecule has 5 unspecified atom stereocenters. The van der Waals surface area contributed by atoms with Gasteiger partial charge < -0.3 is 10.0 Å². The molecule has 0 bridgehead atoms. The topological polar surface area (TPSA) is 26.7 Å². The first kappa shape index (κ1) is 13.3. The Hall–Kier alpha value is -0.120. The van der Waals surface area contributed by atoms with Crippen molar-refractivity contribution in [3.8, 4) is 0 Å². The van der Waals surface area contributed by atoms with Crippen molar-refractivity contribution < 1.29 is 5.11 Å². The van der Waals surface area contributed by atoms with Gasteiger partial charge in [-0.2, -0.15) is 0 Å². The van der Waals surface area contributed by atoms with Gasteiger partial charge in [0.05, 0.1) is 6.10 Å². The van der Waals surface area contributed by atoms with E-state index in [1.165, 1.54) is 6.42 Å². The fraction of sp³-hybridized carbons (Fsp3) is 1.00. The normalized spacial score (nSPS) is 46.1. The molecular formula is C14H28N2O. The zero-order valence-corrected chi connectivity index (χ0v) is 11.8. The van der Waals surface area contributed by atoms with Crippen molar-refractivity contribution in [2.24, 2.45) is 11.8 Å². The van der Waals surface area contributed by atoms with Crippen LogP contribution in [0.1, 0.15) is 33.6 Å². The summed E-state index contributed by atoms with van der Waals surface area (Å²) in [5, 5.41) is 10.4. The van der Waals surface area contributed by atoms with Gasteiger partial charge in [-0.15, -0.1) is 0 Å². The second-order valence-electron chi connectivity index (χ2n) is 6.44. The van der Waals surface area contributed by atoms with E-state index in [1.807, 2.05) is 0 Å². The smallest absolute Gasteiger partial charge is 0.0700 e. The van der Waals surface area contributed by atoms with Gasteiger partial charge >= 0.3 is 0 Å². The fourth-order valence-electron chi connectivity index (χ4n) is 3.75. The standard InChI is InChI=1S/C14H28N2O/c1-10-7-11(2)14(13(17)8-10)16-6-5-15(4)12(3)9-16/h10-14,17H,5-9H2,1-4H3. The van der Waals surface area contributed by atoms with E-state index in [-0.39, 0.29) is 6.10 Å². The lowest BCUT2D eigenvalue weighted by Gasteiger charge is -2.48. The Morgan fingerprint density at radius 1 is 1.06 bits per heavy atom. The SMILES string of the molecule is CC1CC(C)C(N2CCN(C)C(C)C2)C(O)C1. The van der Waals surface area contributed by atoms with E-state index in [0.717, 1.165) is 26.1 Å². The highest BCUT2D eigenvalue weighted by molar-refractivity contribution is 4.92. The molecule has 17 heavy (non-hydrogen) atoms. The van der Waals surface area contributed by atoms with Crippen LogP contribution < -0.4 is 0 Å². The molecule has 3 nitrogen and oxygen atoms in total. The highest BCUT2D eigenvalue weighted by atomic mass is 16.3. The zero-order chi connectivity index (χ0) is 12.6. The average Bonchev–Trinajstić information content (AvgIpc) is 2.21. The van der Waals surface area contributed by atoms with Gasteiger partial charge in [0.15, 0.2) is 0 Å². The van der Waals surface area contributed by atoms with Crippen LogP contribution in [-0.2, 0) is 0 Å². The van der Waals surface area contributed by atoms with Gasteiger partial charge in [-0.05, 0) is 38.6 Å². The lowest BCUT2D eigenvalue weighted by Crippen LogP contribution is -2.59. The zero-order valence-electron chi connectivity index (χ0n) is 11.8. The maximum atomic E-state index is 10.4. The van der Waals surface area contributed by atoms with Crippen molar-refractivity contribution >= 4 is 0 Å². The van der Waals surface area contributed by atoms with Crippen molar-refractivity contribution in [2.45, 2.75) is 51.8 Å². The van der Waals surface area contributed by atoms with Crippen LogP contribution in [-0.4, -0.2) is 59.8 Å². The molecule has 100 valence electrons. The highest BCUT2D eigenvalue weighted by Crippen LogP contribution is 2.33. The summed E-state index contributed by atoms with van der Waals surface area (Å²) in [6, 6.07) is 1.00. The minimum atomic E-state index is -0.121. The number of rotatable bonds is 1. The Balaban J connectivity index is 2.01. The Morgan fingerprint density at radius 2 is 1.76 bits per heavy atom. The summed E-state index contributed by atoms with van der Waals surface area (Å²) in [6.45, 7) is 10.2. The van der Waals surface area contributed by atoms with Crippen molar-refractivity contribution in [1.82, 2.24) is 9.80 Å². The maximum Gasteiger partial charge on any atom is 0.0700 e. The molecular weight excluding hydrogens is 212 g/mol. The second kappa shape index (κ2) is 5.25. The molecule has 1 saturated carbocycles. The van der Waals surface area contributed by atoms with Crippen LogP contribution in [0, 0.1) is 11.8 Å². The molecule has 0 spiro atoms. The summed E-state index contributed by atoms with van der Waals surface area (Å²) in [6.07, 6.45) is 2.13. The van der Waals surface area contributed by atoms with Gasteiger partial charge in [-0.1, -0.05) is 13.8 Å². The summed E-state index contributed by atoms with van der Waals surface area (Å²) in [5.41, 5.74) is 0. The summed E-state index contributed by atoms with van der Waals surface area (Å²) < 4.78 is 0. The third kappa shape index (κ3) is 2.83. The molecule has 1 N–H and O–H groups in total. The van der Waals surface area contributed by atoms with Gasteiger partial charge in [-0.25, -0.2) is 0 Å². The molecule has 3 heteroatoms. The number of hydrogen-bond acceptors (Lipinski definition) is 3. The predicted molar refractivity (Wildman–Crippen MR) is 71.0 cm³/mol. The third-order valence-electron chi connectivity index (χ3n) is 4.81. The molecule has 0 aromatic heterocycles. The van der Waals surface area contributed by atoms with E-state index in [2.05, 4.69) is 37.6 Å². The average molecular weight is 240 g/mol. The number of hydrogen-bond donors (Lipinski definition) is 1. The number of likely N-dealkylation sites (N-methyl/N-ethyl adjacent to an activating group) is 1. The minimum absolute atomic E-state index is 0.121.